The molecule has 0 unspecified atom stereocenters. The zero-order chi connectivity index (χ0) is 11.1. The highest BCUT2D eigenvalue weighted by Gasteiger charge is 2.14. The number of thiocarbonyl (C=S) groups is 1. The molecule has 1 saturated heterocycles. The Hall–Kier alpha value is -0.640. The predicted molar refractivity (Wildman–Crippen MR) is 65.7 cm³/mol. The summed E-state index contributed by atoms with van der Waals surface area (Å²) in [5.74, 6) is 0.303. The molecular weight excluding hydrogens is 208 g/mol. The first-order valence-electron chi connectivity index (χ1n) is 5.76. The highest BCUT2D eigenvalue weighted by Crippen LogP contribution is 2.12. The van der Waals surface area contributed by atoms with Crippen LogP contribution < -0.4 is 5.73 Å². The zero-order valence-electron chi connectivity index (χ0n) is 9.21. The maximum Gasteiger partial charge on any atom is 0.222 e. The zero-order valence-corrected chi connectivity index (χ0v) is 10.0. The van der Waals surface area contributed by atoms with Crippen LogP contribution in [0.15, 0.2) is 0 Å². The number of carbonyl (C=O) groups is 1. The third-order valence-corrected chi connectivity index (χ3v) is 2.98. The van der Waals surface area contributed by atoms with Gasteiger partial charge in [-0.3, -0.25) is 4.79 Å². The van der Waals surface area contributed by atoms with Crippen molar-refractivity contribution in [2.45, 2.75) is 44.9 Å². The van der Waals surface area contributed by atoms with Crippen molar-refractivity contribution in [2.75, 3.05) is 13.1 Å². The number of likely N-dealkylation sites (tertiary alicyclic amines) is 1. The fraction of sp³-hybridized carbons (Fsp3) is 0.818. The van der Waals surface area contributed by atoms with Crippen molar-refractivity contribution in [3.05, 3.63) is 0 Å². The molecule has 1 aliphatic rings. The summed E-state index contributed by atoms with van der Waals surface area (Å²) in [7, 11) is 0. The molecular formula is C11H20N2OS. The van der Waals surface area contributed by atoms with Crippen molar-refractivity contribution in [1.82, 2.24) is 4.90 Å². The van der Waals surface area contributed by atoms with E-state index in [1.165, 1.54) is 12.8 Å². The molecule has 0 aliphatic carbocycles. The van der Waals surface area contributed by atoms with Gasteiger partial charge >= 0.3 is 0 Å². The molecule has 4 heteroatoms. The highest BCUT2D eigenvalue weighted by atomic mass is 32.1. The summed E-state index contributed by atoms with van der Waals surface area (Å²) in [6.45, 7) is 1.73. The van der Waals surface area contributed by atoms with Crippen molar-refractivity contribution in [3.63, 3.8) is 0 Å². The lowest BCUT2D eigenvalue weighted by molar-refractivity contribution is -0.131. The smallest absolute Gasteiger partial charge is 0.222 e. The van der Waals surface area contributed by atoms with Crippen LogP contribution in [0.2, 0.25) is 0 Å². The monoisotopic (exact) mass is 228 g/mol. The summed E-state index contributed by atoms with van der Waals surface area (Å²) in [4.78, 5) is 14.2. The van der Waals surface area contributed by atoms with E-state index in [0.717, 1.165) is 38.8 Å². The molecule has 3 nitrogen and oxygen atoms in total. The average Bonchev–Trinajstić information content (AvgIpc) is 2.16. The minimum absolute atomic E-state index is 0.303. The number of amides is 1. The largest absolute Gasteiger partial charge is 0.393 e. The summed E-state index contributed by atoms with van der Waals surface area (Å²) in [5.41, 5.74) is 5.43. The second-order valence-corrected chi connectivity index (χ2v) is 4.64. The Labute approximate surface area is 97.0 Å². The summed E-state index contributed by atoms with van der Waals surface area (Å²) in [6, 6.07) is 0. The summed E-state index contributed by atoms with van der Waals surface area (Å²) < 4.78 is 0. The van der Waals surface area contributed by atoms with Gasteiger partial charge in [0, 0.05) is 19.5 Å². The quantitative estimate of drug-likeness (QED) is 0.747. The Bertz CT molecular complexity index is 231. The number of rotatable bonds is 4. The van der Waals surface area contributed by atoms with E-state index in [9.17, 15) is 4.79 Å². The fourth-order valence-corrected chi connectivity index (χ4v) is 2.04. The van der Waals surface area contributed by atoms with Crippen molar-refractivity contribution in [1.29, 1.82) is 0 Å². The normalized spacial score (nSPS) is 18.4. The Kier molecular flexibility index (Phi) is 5.61. The number of hydrogen-bond acceptors (Lipinski definition) is 2. The Morgan fingerprint density at radius 2 is 2.07 bits per heavy atom. The molecule has 1 rings (SSSR count). The van der Waals surface area contributed by atoms with E-state index < -0.39 is 0 Å². The molecule has 1 heterocycles. The van der Waals surface area contributed by atoms with Crippen LogP contribution in [0.1, 0.15) is 44.9 Å². The van der Waals surface area contributed by atoms with Gasteiger partial charge in [0.1, 0.15) is 0 Å². The Morgan fingerprint density at radius 3 is 2.80 bits per heavy atom. The van der Waals surface area contributed by atoms with Crippen LogP contribution in [0.5, 0.6) is 0 Å². The molecule has 1 fully saturated rings. The molecule has 86 valence electrons. The highest BCUT2D eigenvalue weighted by molar-refractivity contribution is 7.80. The van der Waals surface area contributed by atoms with Crippen LogP contribution in [-0.4, -0.2) is 28.9 Å². The lowest BCUT2D eigenvalue weighted by Gasteiger charge is -2.24. The Balaban J connectivity index is 2.29. The van der Waals surface area contributed by atoms with E-state index >= 15 is 0 Å². The van der Waals surface area contributed by atoms with Crippen LogP contribution >= 0.6 is 12.2 Å². The SMILES string of the molecule is NC(=S)CCCN1CCCCCCC1=O. The topological polar surface area (TPSA) is 46.3 Å². The van der Waals surface area contributed by atoms with Crippen LogP contribution in [-0.2, 0) is 4.79 Å². The molecule has 0 aromatic carbocycles. The molecule has 1 amide bonds. The van der Waals surface area contributed by atoms with Gasteiger partial charge in [-0.25, -0.2) is 0 Å². The van der Waals surface area contributed by atoms with Gasteiger partial charge < -0.3 is 10.6 Å². The molecule has 0 radical (unpaired) electrons. The maximum atomic E-state index is 11.7. The van der Waals surface area contributed by atoms with Gasteiger partial charge in [-0.15, -0.1) is 0 Å². The molecule has 2 N–H and O–H groups in total. The lowest BCUT2D eigenvalue weighted by atomic mass is 10.1. The van der Waals surface area contributed by atoms with Crippen molar-refractivity contribution in [2.24, 2.45) is 5.73 Å². The van der Waals surface area contributed by atoms with E-state index in [1.807, 2.05) is 4.90 Å². The van der Waals surface area contributed by atoms with Crippen molar-refractivity contribution in [3.8, 4) is 0 Å². The average molecular weight is 228 g/mol. The third-order valence-electron chi connectivity index (χ3n) is 2.77. The van der Waals surface area contributed by atoms with Crippen LogP contribution in [0.4, 0.5) is 0 Å². The van der Waals surface area contributed by atoms with Crippen LogP contribution in [0.3, 0.4) is 0 Å². The minimum atomic E-state index is 0.303. The minimum Gasteiger partial charge on any atom is -0.393 e. The molecule has 0 bridgehead atoms. The van der Waals surface area contributed by atoms with Gasteiger partial charge in [0.15, 0.2) is 0 Å². The fourth-order valence-electron chi connectivity index (χ4n) is 1.90. The van der Waals surface area contributed by atoms with E-state index in [2.05, 4.69) is 0 Å². The lowest BCUT2D eigenvalue weighted by Crippen LogP contribution is -2.34. The summed E-state index contributed by atoms with van der Waals surface area (Å²) in [5, 5.41) is 0. The van der Waals surface area contributed by atoms with Crippen LogP contribution in [0, 0.1) is 0 Å². The van der Waals surface area contributed by atoms with Gasteiger partial charge in [0.25, 0.3) is 0 Å². The van der Waals surface area contributed by atoms with E-state index in [4.69, 9.17) is 18.0 Å². The first-order valence-corrected chi connectivity index (χ1v) is 6.17. The van der Waals surface area contributed by atoms with Crippen molar-refractivity contribution < 1.29 is 4.79 Å². The second-order valence-electron chi connectivity index (χ2n) is 4.11. The van der Waals surface area contributed by atoms with Gasteiger partial charge in [-0.1, -0.05) is 25.1 Å². The number of hydrogen-bond donors (Lipinski definition) is 1. The van der Waals surface area contributed by atoms with Gasteiger partial charge in [-0.2, -0.15) is 0 Å². The van der Waals surface area contributed by atoms with E-state index in [1.54, 1.807) is 0 Å². The summed E-state index contributed by atoms with van der Waals surface area (Å²) in [6.07, 6.45) is 7.00. The van der Waals surface area contributed by atoms with E-state index in [-0.39, 0.29) is 0 Å². The number of nitrogens with zero attached hydrogens (tertiary/aromatic N) is 1. The summed E-state index contributed by atoms with van der Waals surface area (Å²) >= 11 is 4.81. The molecule has 15 heavy (non-hydrogen) atoms. The molecule has 0 aromatic heterocycles. The number of nitrogens with two attached hydrogens (primary N) is 1. The molecule has 0 atom stereocenters. The van der Waals surface area contributed by atoms with Gasteiger partial charge in [0.05, 0.1) is 4.99 Å². The number of carbonyl (C=O) groups excluding carboxylic acids is 1. The first kappa shape index (κ1) is 12.4. The molecule has 0 saturated carbocycles. The molecule has 0 spiro atoms. The third kappa shape index (κ3) is 5.11. The molecule has 0 aromatic rings. The first-order chi connectivity index (χ1) is 7.20. The van der Waals surface area contributed by atoms with Gasteiger partial charge in [-0.05, 0) is 25.7 Å². The van der Waals surface area contributed by atoms with Gasteiger partial charge in [0.2, 0.25) is 5.91 Å². The predicted octanol–water partition coefficient (Wildman–Crippen LogP) is 1.85. The van der Waals surface area contributed by atoms with E-state index in [0.29, 0.717) is 17.3 Å². The molecule has 1 aliphatic heterocycles. The van der Waals surface area contributed by atoms with Crippen molar-refractivity contribution >= 4 is 23.1 Å². The van der Waals surface area contributed by atoms with Crippen LogP contribution in [0.25, 0.3) is 0 Å². The standard InChI is InChI=1S/C11H20N2OS/c12-10(15)6-5-9-13-8-4-2-1-3-7-11(13)14/h1-9H2,(H2,12,15). The second kappa shape index (κ2) is 6.77. The Morgan fingerprint density at radius 1 is 1.33 bits per heavy atom. The maximum absolute atomic E-state index is 11.7.